The molecule has 0 unspecified atom stereocenters. The number of carbonyl (C=O) groups is 1. The fourth-order valence-electron chi connectivity index (χ4n) is 1.92. The molecule has 1 aromatic heterocycles. The van der Waals surface area contributed by atoms with Gasteiger partial charge < -0.3 is 15.5 Å². The van der Waals surface area contributed by atoms with Gasteiger partial charge in [0.05, 0.1) is 11.3 Å². The average molecular weight is 298 g/mol. The van der Waals surface area contributed by atoms with Gasteiger partial charge in [0.15, 0.2) is 0 Å². The summed E-state index contributed by atoms with van der Waals surface area (Å²) >= 11 is 0. The molecule has 2 aromatic rings. The Kier molecular flexibility index (Phi) is 5.49. The molecule has 22 heavy (non-hydrogen) atoms. The lowest BCUT2D eigenvalue weighted by molar-refractivity contribution is 0.102. The topological polar surface area (TPSA) is 57.3 Å². The highest BCUT2D eigenvalue weighted by atomic mass is 16.1. The molecule has 0 aliphatic rings. The predicted octanol–water partition coefficient (Wildman–Crippen LogP) is 2.62. The zero-order valence-electron chi connectivity index (χ0n) is 13.3. The van der Waals surface area contributed by atoms with Crippen molar-refractivity contribution >= 4 is 17.3 Å². The molecule has 2 N–H and O–H groups in total. The first-order chi connectivity index (χ1) is 10.5. The first-order valence-corrected chi connectivity index (χ1v) is 7.26. The third-order valence-corrected chi connectivity index (χ3v) is 3.20. The number of anilines is 2. The molecule has 5 nitrogen and oxygen atoms in total. The van der Waals surface area contributed by atoms with Gasteiger partial charge in [-0.2, -0.15) is 0 Å². The number of aryl methyl sites for hydroxylation is 1. The van der Waals surface area contributed by atoms with Gasteiger partial charge in [0.1, 0.15) is 0 Å². The molecular weight excluding hydrogens is 276 g/mol. The molecular formula is C17H22N4O. The van der Waals surface area contributed by atoms with E-state index in [0.717, 1.165) is 30.0 Å². The Morgan fingerprint density at radius 1 is 1.14 bits per heavy atom. The third-order valence-electron chi connectivity index (χ3n) is 3.20. The highest BCUT2D eigenvalue weighted by Crippen LogP contribution is 2.13. The maximum Gasteiger partial charge on any atom is 0.257 e. The Balaban J connectivity index is 1.99. The number of carbonyl (C=O) groups excluding carboxylic acids is 1. The van der Waals surface area contributed by atoms with Crippen molar-refractivity contribution in [2.45, 2.75) is 6.92 Å². The summed E-state index contributed by atoms with van der Waals surface area (Å²) in [4.78, 5) is 18.5. The van der Waals surface area contributed by atoms with Crippen LogP contribution in [0.4, 0.5) is 11.4 Å². The molecule has 1 heterocycles. The summed E-state index contributed by atoms with van der Waals surface area (Å²) in [5.41, 5.74) is 3.32. The van der Waals surface area contributed by atoms with Crippen LogP contribution in [0.5, 0.6) is 0 Å². The van der Waals surface area contributed by atoms with Crippen molar-refractivity contribution in [1.29, 1.82) is 0 Å². The Bertz CT molecular complexity index is 623. The van der Waals surface area contributed by atoms with E-state index in [2.05, 4.69) is 20.5 Å². The molecule has 0 saturated carbocycles. The van der Waals surface area contributed by atoms with E-state index >= 15 is 0 Å². The minimum absolute atomic E-state index is 0.160. The number of pyridine rings is 1. The van der Waals surface area contributed by atoms with E-state index in [4.69, 9.17) is 0 Å². The van der Waals surface area contributed by atoms with Crippen molar-refractivity contribution in [3.05, 3.63) is 53.9 Å². The minimum Gasteiger partial charge on any atom is -0.382 e. The smallest absolute Gasteiger partial charge is 0.257 e. The van der Waals surface area contributed by atoms with Crippen molar-refractivity contribution < 1.29 is 4.79 Å². The van der Waals surface area contributed by atoms with Crippen LogP contribution < -0.4 is 10.6 Å². The predicted molar refractivity (Wildman–Crippen MR) is 90.4 cm³/mol. The number of aromatic nitrogens is 1. The summed E-state index contributed by atoms with van der Waals surface area (Å²) in [6.45, 7) is 3.73. The summed E-state index contributed by atoms with van der Waals surface area (Å²) in [5, 5.41) is 6.13. The van der Waals surface area contributed by atoms with Crippen molar-refractivity contribution in [3.63, 3.8) is 0 Å². The van der Waals surface area contributed by atoms with E-state index in [1.807, 2.05) is 51.4 Å². The Morgan fingerprint density at radius 3 is 2.55 bits per heavy atom. The van der Waals surface area contributed by atoms with Gasteiger partial charge in [-0.25, -0.2) is 0 Å². The van der Waals surface area contributed by atoms with E-state index in [1.165, 1.54) is 0 Å². The highest BCUT2D eigenvalue weighted by molar-refractivity contribution is 6.04. The van der Waals surface area contributed by atoms with Gasteiger partial charge in [-0.15, -0.1) is 0 Å². The van der Waals surface area contributed by atoms with Crippen LogP contribution >= 0.6 is 0 Å². The highest BCUT2D eigenvalue weighted by Gasteiger charge is 2.07. The van der Waals surface area contributed by atoms with Crippen molar-refractivity contribution in [2.75, 3.05) is 37.8 Å². The van der Waals surface area contributed by atoms with Crippen molar-refractivity contribution in [3.8, 4) is 0 Å². The molecule has 1 aromatic carbocycles. The summed E-state index contributed by atoms with van der Waals surface area (Å²) in [6, 6.07) is 9.52. The number of benzene rings is 1. The van der Waals surface area contributed by atoms with Gasteiger partial charge in [-0.3, -0.25) is 9.78 Å². The average Bonchev–Trinajstić information content (AvgIpc) is 2.49. The van der Waals surface area contributed by atoms with E-state index < -0.39 is 0 Å². The van der Waals surface area contributed by atoms with Crippen LogP contribution in [-0.2, 0) is 0 Å². The number of hydrogen-bond donors (Lipinski definition) is 2. The quantitative estimate of drug-likeness (QED) is 0.861. The summed E-state index contributed by atoms with van der Waals surface area (Å²) in [6.07, 6.45) is 3.29. The summed E-state index contributed by atoms with van der Waals surface area (Å²) in [5.74, 6) is -0.160. The van der Waals surface area contributed by atoms with Gasteiger partial charge in [0.2, 0.25) is 0 Å². The van der Waals surface area contributed by atoms with E-state index in [0.29, 0.717) is 5.56 Å². The van der Waals surface area contributed by atoms with Gasteiger partial charge in [0.25, 0.3) is 5.91 Å². The molecule has 0 radical (unpaired) electrons. The summed E-state index contributed by atoms with van der Waals surface area (Å²) in [7, 11) is 4.04. The van der Waals surface area contributed by atoms with Crippen LogP contribution in [0.15, 0.2) is 42.7 Å². The zero-order valence-corrected chi connectivity index (χ0v) is 13.3. The number of likely N-dealkylation sites (N-methyl/N-ethyl adjacent to an activating group) is 1. The van der Waals surface area contributed by atoms with Crippen LogP contribution in [0.1, 0.15) is 15.9 Å². The number of nitrogens with one attached hydrogen (secondary N) is 2. The first-order valence-electron chi connectivity index (χ1n) is 7.26. The monoisotopic (exact) mass is 298 g/mol. The van der Waals surface area contributed by atoms with Crippen LogP contribution in [-0.4, -0.2) is 43.0 Å². The molecule has 0 fully saturated rings. The van der Waals surface area contributed by atoms with Crippen LogP contribution in [0, 0.1) is 6.92 Å². The standard InChI is InChI=1S/C17H22N4O/c1-13-4-6-15(7-5-13)20-17(22)14-10-16(12-18-11-14)19-8-9-21(2)3/h4-7,10-12,19H,8-9H2,1-3H3,(H,20,22). The number of nitrogens with zero attached hydrogens (tertiary/aromatic N) is 2. The largest absolute Gasteiger partial charge is 0.382 e. The fourth-order valence-corrected chi connectivity index (χ4v) is 1.92. The van der Waals surface area contributed by atoms with Crippen molar-refractivity contribution in [1.82, 2.24) is 9.88 Å². The van der Waals surface area contributed by atoms with Crippen LogP contribution in [0.3, 0.4) is 0 Å². The molecule has 0 spiro atoms. The lowest BCUT2D eigenvalue weighted by Crippen LogP contribution is -2.21. The fraction of sp³-hybridized carbons (Fsp3) is 0.294. The SMILES string of the molecule is Cc1ccc(NC(=O)c2cncc(NCCN(C)C)c2)cc1. The molecule has 1 amide bonds. The molecule has 0 aliphatic carbocycles. The van der Waals surface area contributed by atoms with E-state index in [9.17, 15) is 4.79 Å². The second-order valence-electron chi connectivity index (χ2n) is 5.51. The maximum absolute atomic E-state index is 12.2. The molecule has 2 rings (SSSR count). The van der Waals surface area contributed by atoms with E-state index in [-0.39, 0.29) is 5.91 Å². The van der Waals surface area contributed by atoms with E-state index in [1.54, 1.807) is 12.4 Å². The minimum atomic E-state index is -0.160. The molecule has 116 valence electrons. The van der Waals surface area contributed by atoms with Crippen LogP contribution in [0.2, 0.25) is 0 Å². The number of rotatable bonds is 6. The number of amides is 1. The third kappa shape index (κ3) is 4.86. The second-order valence-corrected chi connectivity index (χ2v) is 5.51. The molecule has 0 bridgehead atoms. The Labute approximate surface area is 131 Å². The lowest BCUT2D eigenvalue weighted by atomic mass is 10.2. The molecule has 0 aliphatic heterocycles. The normalized spacial score (nSPS) is 10.5. The first kappa shape index (κ1) is 16.0. The maximum atomic E-state index is 12.2. The van der Waals surface area contributed by atoms with Gasteiger partial charge in [-0.05, 0) is 39.2 Å². The molecule has 5 heteroatoms. The Morgan fingerprint density at radius 2 is 1.86 bits per heavy atom. The van der Waals surface area contributed by atoms with Gasteiger partial charge >= 0.3 is 0 Å². The van der Waals surface area contributed by atoms with Gasteiger partial charge in [-0.1, -0.05) is 17.7 Å². The lowest BCUT2D eigenvalue weighted by Gasteiger charge is -2.12. The Hall–Kier alpha value is -2.40. The molecule has 0 saturated heterocycles. The zero-order chi connectivity index (χ0) is 15.9. The van der Waals surface area contributed by atoms with Crippen LogP contribution in [0.25, 0.3) is 0 Å². The van der Waals surface area contributed by atoms with Crippen molar-refractivity contribution in [2.24, 2.45) is 0 Å². The van der Waals surface area contributed by atoms with Gasteiger partial charge in [0, 0.05) is 31.2 Å². The summed E-state index contributed by atoms with van der Waals surface area (Å²) < 4.78 is 0. The molecule has 0 atom stereocenters. The number of hydrogen-bond acceptors (Lipinski definition) is 4. The second kappa shape index (κ2) is 7.56.